The molecule has 0 aliphatic carbocycles. The van der Waals surface area contributed by atoms with Crippen molar-refractivity contribution in [3.8, 4) is 0 Å². The van der Waals surface area contributed by atoms with Gasteiger partial charge < -0.3 is 4.74 Å². The zero-order valence-corrected chi connectivity index (χ0v) is 11.5. The molecule has 1 aromatic carbocycles. The number of carbonyl (C=O) groups is 1. The van der Waals surface area contributed by atoms with Crippen molar-refractivity contribution in [3.05, 3.63) is 33.8 Å². The number of ether oxygens (including phenoxy) is 1. The van der Waals surface area contributed by atoms with Crippen LogP contribution >= 0.6 is 23.2 Å². The number of hydrogen-bond donors (Lipinski definition) is 0. The average Bonchev–Trinajstić information content (AvgIpc) is 2.28. The Kier molecular flexibility index (Phi) is 5.25. The lowest BCUT2D eigenvalue weighted by Crippen LogP contribution is -2.29. The molecule has 1 atom stereocenters. The summed E-state index contributed by atoms with van der Waals surface area (Å²) in [4.78, 5) is 13.0. The number of methoxy groups -OCH3 is 1. The van der Waals surface area contributed by atoms with Crippen LogP contribution in [0.15, 0.2) is 18.2 Å². The third-order valence-electron chi connectivity index (χ3n) is 2.68. The second-order valence-corrected chi connectivity index (χ2v) is 4.68. The van der Waals surface area contributed by atoms with Crippen molar-refractivity contribution in [2.45, 2.75) is 13.0 Å². The molecule has 0 radical (unpaired) electrons. The third-order valence-corrected chi connectivity index (χ3v) is 3.24. The standard InChI is InChI=1S/C12H15Cl2NO2/c1-8(15(2)7-12(16)17-3)10-5-4-9(13)6-11(10)14/h4-6,8H,7H2,1-3H3. The fourth-order valence-electron chi connectivity index (χ4n) is 1.48. The molecule has 17 heavy (non-hydrogen) atoms. The number of nitrogens with zero attached hydrogens (tertiary/aromatic N) is 1. The first-order chi connectivity index (χ1) is 7.95. The van der Waals surface area contributed by atoms with Crippen LogP contribution in [0.4, 0.5) is 0 Å². The Morgan fingerprint density at radius 2 is 2.12 bits per heavy atom. The van der Waals surface area contributed by atoms with E-state index in [2.05, 4.69) is 4.74 Å². The highest BCUT2D eigenvalue weighted by molar-refractivity contribution is 6.35. The molecule has 0 fully saturated rings. The lowest BCUT2D eigenvalue weighted by atomic mass is 10.1. The summed E-state index contributed by atoms with van der Waals surface area (Å²) in [5.41, 5.74) is 0.933. The first kappa shape index (κ1) is 14.3. The first-order valence-corrected chi connectivity index (χ1v) is 5.93. The topological polar surface area (TPSA) is 29.5 Å². The molecule has 0 aromatic heterocycles. The number of benzene rings is 1. The van der Waals surface area contributed by atoms with Crippen LogP contribution in [0.25, 0.3) is 0 Å². The fourth-order valence-corrected chi connectivity index (χ4v) is 2.05. The van der Waals surface area contributed by atoms with Crippen molar-refractivity contribution < 1.29 is 9.53 Å². The number of likely N-dealkylation sites (N-methyl/N-ethyl adjacent to an activating group) is 1. The summed E-state index contributed by atoms with van der Waals surface area (Å²) in [6.45, 7) is 2.19. The average molecular weight is 276 g/mol. The predicted octanol–water partition coefficient (Wildman–Crippen LogP) is 3.16. The molecular formula is C12H15Cl2NO2. The highest BCUT2D eigenvalue weighted by Gasteiger charge is 2.17. The summed E-state index contributed by atoms with van der Waals surface area (Å²) >= 11 is 11.9. The van der Waals surface area contributed by atoms with Crippen LogP contribution in [0.2, 0.25) is 10.0 Å². The van der Waals surface area contributed by atoms with Gasteiger partial charge in [-0.15, -0.1) is 0 Å². The number of esters is 1. The van der Waals surface area contributed by atoms with Gasteiger partial charge in [0.05, 0.1) is 13.7 Å². The third kappa shape index (κ3) is 3.87. The van der Waals surface area contributed by atoms with Crippen LogP contribution in [0.1, 0.15) is 18.5 Å². The van der Waals surface area contributed by atoms with Gasteiger partial charge in [0.25, 0.3) is 0 Å². The van der Waals surface area contributed by atoms with Gasteiger partial charge in [0.1, 0.15) is 0 Å². The Morgan fingerprint density at radius 1 is 1.47 bits per heavy atom. The summed E-state index contributed by atoms with van der Waals surface area (Å²) < 4.78 is 4.62. The first-order valence-electron chi connectivity index (χ1n) is 5.17. The van der Waals surface area contributed by atoms with Gasteiger partial charge in [-0.05, 0) is 31.7 Å². The van der Waals surface area contributed by atoms with E-state index >= 15 is 0 Å². The maximum Gasteiger partial charge on any atom is 0.319 e. The van der Waals surface area contributed by atoms with Gasteiger partial charge in [-0.25, -0.2) is 0 Å². The number of rotatable bonds is 4. The van der Waals surface area contributed by atoms with Gasteiger partial charge >= 0.3 is 5.97 Å². The van der Waals surface area contributed by atoms with E-state index in [1.54, 1.807) is 12.1 Å². The Labute approximate surface area is 111 Å². The minimum atomic E-state index is -0.274. The number of halogens is 2. The maximum absolute atomic E-state index is 11.2. The SMILES string of the molecule is COC(=O)CN(C)C(C)c1ccc(Cl)cc1Cl. The second kappa shape index (κ2) is 6.24. The maximum atomic E-state index is 11.2. The van der Waals surface area contributed by atoms with E-state index in [1.807, 2.05) is 24.9 Å². The lowest BCUT2D eigenvalue weighted by Gasteiger charge is -2.24. The predicted molar refractivity (Wildman–Crippen MR) is 69.5 cm³/mol. The molecule has 0 spiro atoms. The van der Waals surface area contributed by atoms with Crippen molar-refractivity contribution >= 4 is 29.2 Å². The van der Waals surface area contributed by atoms with Crippen molar-refractivity contribution in [2.24, 2.45) is 0 Å². The molecule has 94 valence electrons. The Hall–Kier alpha value is -0.770. The minimum absolute atomic E-state index is 0.0128. The largest absolute Gasteiger partial charge is 0.468 e. The smallest absolute Gasteiger partial charge is 0.319 e. The number of hydrogen-bond acceptors (Lipinski definition) is 3. The Bertz CT molecular complexity index is 409. The molecule has 0 aliphatic heterocycles. The van der Waals surface area contributed by atoms with Gasteiger partial charge in [0, 0.05) is 16.1 Å². The van der Waals surface area contributed by atoms with E-state index < -0.39 is 0 Å². The quantitative estimate of drug-likeness (QED) is 0.791. The van der Waals surface area contributed by atoms with Crippen molar-refractivity contribution in [1.29, 1.82) is 0 Å². The molecule has 0 bridgehead atoms. The Balaban J connectivity index is 2.81. The normalized spacial score (nSPS) is 12.6. The molecule has 1 rings (SSSR count). The molecule has 0 heterocycles. The van der Waals surface area contributed by atoms with E-state index in [9.17, 15) is 4.79 Å². The van der Waals surface area contributed by atoms with Gasteiger partial charge in [-0.2, -0.15) is 0 Å². The van der Waals surface area contributed by atoms with Crippen LogP contribution in [-0.2, 0) is 9.53 Å². The molecule has 3 nitrogen and oxygen atoms in total. The summed E-state index contributed by atoms with van der Waals surface area (Å²) in [6.07, 6.45) is 0. The molecule has 5 heteroatoms. The van der Waals surface area contributed by atoms with E-state index in [4.69, 9.17) is 23.2 Å². The molecule has 1 aromatic rings. The molecule has 0 amide bonds. The van der Waals surface area contributed by atoms with Gasteiger partial charge in [-0.1, -0.05) is 29.3 Å². The van der Waals surface area contributed by atoms with Crippen LogP contribution in [0.5, 0.6) is 0 Å². The monoisotopic (exact) mass is 275 g/mol. The summed E-state index contributed by atoms with van der Waals surface area (Å²) in [6, 6.07) is 5.36. The lowest BCUT2D eigenvalue weighted by molar-refractivity contribution is -0.142. The summed E-state index contributed by atoms with van der Waals surface area (Å²) in [7, 11) is 3.21. The molecular weight excluding hydrogens is 261 g/mol. The van der Waals surface area contributed by atoms with Crippen LogP contribution < -0.4 is 0 Å². The summed E-state index contributed by atoms with van der Waals surface area (Å²) in [5.74, 6) is -0.274. The highest BCUT2D eigenvalue weighted by atomic mass is 35.5. The summed E-state index contributed by atoms with van der Waals surface area (Å²) in [5, 5.41) is 1.20. The van der Waals surface area contributed by atoms with E-state index in [-0.39, 0.29) is 18.6 Å². The molecule has 0 saturated carbocycles. The number of carbonyl (C=O) groups excluding carboxylic acids is 1. The fraction of sp³-hybridized carbons (Fsp3) is 0.417. The van der Waals surface area contributed by atoms with Crippen LogP contribution in [-0.4, -0.2) is 31.6 Å². The van der Waals surface area contributed by atoms with Gasteiger partial charge in [0.2, 0.25) is 0 Å². The Morgan fingerprint density at radius 3 is 2.65 bits per heavy atom. The van der Waals surface area contributed by atoms with Crippen LogP contribution in [0.3, 0.4) is 0 Å². The van der Waals surface area contributed by atoms with E-state index in [0.717, 1.165) is 5.56 Å². The zero-order chi connectivity index (χ0) is 13.0. The van der Waals surface area contributed by atoms with Crippen LogP contribution in [0, 0.1) is 0 Å². The van der Waals surface area contributed by atoms with Crippen molar-refractivity contribution in [2.75, 3.05) is 20.7 Å². The van der Waals surface area contributed by atoms with E-state index in [0.29, 0.717) is 10.0 Å². The molecule has 1 unspecified atom stereocenters. The molecule has 0 saturated heterocycles. The van der Waals surface area contributed by atoms with E-state index in [1.165, 1.54) is 7.11 Å². The molecule has 0 N–H and O–H groups in total. The highest BCUT2D eigenvalue weighted by Crippen LogP contribution is 2.28. The van der Waals surface area contributed by atoms with Gasteiger partial charge in [-0.3, -0.25) is 9.69 Å². The zero-order valence-electron chi connectivity index (χ0n) is 10.0. The second-order valence-electron chi connectivity index (χ2n) is 3.83. The molecule has 0 aliphatic rings. The van der Waals surface area contributed by atoms with Gasteiger partial charge in [0.15, 0.2) is 0 Å². The van der Waals surface area contributed by atoms with Crippen molar-refractivity contribution in [3.63, 3.8) is 0 Å². The minimum Gasteiger partial charge on any atom is -0.468 e. The van der Waals surface area contributed by atoms with Crippen molar-refractivity contribution in [1.82, 2.24) is 4.90 Å².